The molecule has 1 aromatic heterocycles. The summed E-state index contributed by atoms with van der Waals surface area (Å²) < 4.78 is 11.1. The highest BCUT2D eigenvalue weighted by atomic mass is 16.5. The number of nitrogens with zero attached hydrogens (tertiary/aromatic N) is 2. The van der Waals surface area contributed by atoms with Crippen molar-refractivity contribution in [2.75, 3.05) is 26.7 Å². The maximum Gasteiger partial charge on any atom is 0.222 e. The number of methoxy groups -OCH3 is 1. The summed E-state index contributed by atoms with van der Waals surface area (Å²) in [5.74, 6) is 1.66. The third-order valence-corrected chi connectivity index (χ3v) is 4.83. The van der Waals surface area contributed by atoms with E-state index in [0.29, 0.717) is 12.3 Å². The van der Waals surface area contributed by atoms with Crippen LogP contribution in [0, 0.1) is 5.92 Å². The Morgan fingerprint density at radius 1 is 1.48 bits per heavy atom. The van der Waals surface area contributed by atoms with Crippen LogP contribution in [0.15, 0.2) is 22.8 Å². The number of rotatable bonds is 4. The number of furan rings is 1. The van der Waals surface area contributed by atoms with Crippen LogP contribution in [0.1, 0.15) is 25.5 Å². The fourth-order valence-corrected chi connectivity index (χ4v) is 3.79. The fourth-order valence-electron chi connectivity index (χ4n) is 3.79. The maximum atomic E-state index is 12.2. The Balaban J connectivity index is 1.72. The number of carbonyl (C=O) groups is 1. The molecule has 5 heteroatoms. The molecule has 2 saturated heterocycles. The van der Waals surface area contributed by atoms with Gasteiger partial charge in [0.2, 0.25) is 5.91 Å². The highest BCUT2D eigenvalue weighted by Crippen LogP contribution is 2.33. The zero-order valence-corrected chi connectivity index (χ0v) is 12.8. The first kappa shape index (κ1) is 14.6. The number of likely N-dealkylation sites (tertiary alicyclic amines) is 2. The van der Waals surface area contributed by atoms with E-state index >= 15 is 0 Å². The monoisotopic (exact) mass is 292 g/mol. The molecule has 0 aliphatic carbocycles. The molecule has 2 fully saturated rings. The van der Waals surface area contributed by atoms with E-state index in [9.17, 15) is 4.79 Å². The molecular formula is C16H24N2O3. The molecule has 3 heterocycles. The summed E-state index contributed by atoms with van der Waals surface area (Å²) in [5, 5.41) is 0. The lowest BCUT2D eigenvalue weighted by Gasteiger charge is -2.41. The Kier molecular flexibility index (Phi) is 4.31. The van der Waals surface area contributed by atoms with E-state index < -0.39 is 0 Å². The quantitative estimate of drug-likeness (QED) is 0.848. The molecular weight excluding hydrogens is 268 g/mol. The highest BCUT2D eigenvalue weighted by molar-refractivity contribution is 5.76. The molecule has 116 valence electrons. The largest absolute Gasteiger partial charge is 0.468 e. The zero-order valence-electron chi connectivity index (χ0n) is 12.8. The van der Waals surface area contributed by atoms with Crippen molar-refractivity contribution in [2.24, 2.45) is 5.92 Å². The van der Waals surface area contributed by atoms with Gasteiger partial charge in [0.25, 0.3) is 0 Å². The Hall–Kier alpha value is -1.33. The molecule has 1 amide bonds. The third-order valence-electron chi connectivity index (χ3n) is 4.83. The standard InChI is InChI=1S/C16H24N2O3/c1-3-16(19)18-7-6-15(20-2)13-10-17(11-14(13)18)9-12-5-4-8-21-12/h4-5,8,13-15H,3,6-7,9-11H2,1-2H3/t13-,14+,15+/m0/s1. The van der Waals surface area contributed by atoms with Crippen LogP contribution in [-0.4, -0.2) is 54.6 Å². The van der Waals surface area contributed by atoms with Crippen LogP contribution >= 0.6 is 0 Å². The minimum absolute atomic E-state index is 0.262. The van der Waals surface area contributed by atoms with Crippen molar-refractivity contribution in [3.8, 4) is 0 Å². The topological polar surface area (TPSA) is 45.9 Å². The second kappa shape index (κ2) is 6.20. The SMILES string of the molecule is CCC(=O)N1CC[C@@H](OC)[C@H]2CN(Cc3ccco3)C[C@H]21. The van der Waals surface area contributed by atoms with Gasteiger partial charge in [0.15, 0.2) is 0 Å². The minimum atomic E-state index is 0.262. The van der Waals surface area contributed by atoms with Crippen LogP contribution in [0.2, 0.25) is 0 Å². The van der Waals surface area contributed by atoms with Crippen LogP contribution in [-0.2, 0) is 16.1 Å². The van der Waals surface area contributed by atoms with Crippen molar-refractivity contribution in [3.63, 3.8) is 0 Å². The molecule has 3 atom stereocenters. The van der Waals surface area contributed by atoms with Gasteiger partial charge in [-0.2, -0.15) is 0 Å². The van der Waals surface area contributed by atoms with E-state index in [1.807, 2.05) is 19.1 Å². The minimum Gasteiger partial charge on any atom is -0.468 e. The molecule has 0 radical (unpaired) electrons. The van der Waals surface area contributed by atoms with Gasteiger partial charge in [-0.15, -0.1) is 0 Å². The van der Waals surface area contributed by atoms with Crippen molar-refractivity contribution >= 4 is 5.91 Å². The molecule has 21 heavy (non-hydrogen) atoms. The fraction of sp³-hybridized carbons (Fsp3) is 0.688. The molecule has 2 aliphatic heterocycles. The summed E-state index contributed by atoms with van der Waals surface area (Å²) in [6.45, 7) is 5.45. The van der Waals surface area contributed by atoms with Crippen LogP contribution in [0.25, 0.3) is 0 Å². The van der Waals surface area contributed by atoms with E-state index in [1.54, 1.807) is 13.4 Å². The van der Waals surface area contributed by atoms with E-state index in [1.165, 1.54) is 0 Å². The van der Waals surface area contributed by atoms with Crippen molar-refractivity contribution in [1.29, 1.82) is 0 Å². The average molecular weight is 292 g/mol. The van der Waals surface area contributed by atoms with E-state index in [-0.39, 0.29) is 18.1 Å². The van der Waals surface area contributed by atoms with Crippen molar-refractivity contribution in [2.45, 2.75) is 38.5 Å². The summed E-state index contributed by atoms with van der Waals surface area (Å²) >= 11 is 0. The van der Waals surface area contributed by atoms with Crippen molar-refractivity contribution in [1.82, 2.24) is 9.80 Å². The Morgan fingerprint density at radius 2 is 2.33 bits per heavy atom. The normalized spacial score (nSPS) is 29.6. The predicted molar refractivity (Wildman–Crippen MR) is 78.7 cm³/mol. The second-order valence-corrected chi connectivity index (χ2v) is 6.01. The highest BCUT2D eigenvalue weighted by Gasteiger charge is 2.45. The number of hydrogen-bond donors (Lipinski definition) is 0. The summed E-state index contributed by atoms with van der Waals surface area (Å²) in [4.78, 5) is 16.6. The van der Waals surface area contributed by atoms with E-state index in [0.717, 1.165) is 38.4 Å². The van der Waals surface area contributed by atoms with Gasteiger partial charge in [0.1, 0.15) is 5.76 Å². The maximum absolute atomic E-state index is 12.2. The molecule has 0 N–H and O–H groups in total. The Bertz CT molecular complexity index is 474. The molecule has 3 rings (SSSR count). The van der Waals surface area contributed by atoms with Gasteiger partial charge in [-0.1, -0.05) is 6.92 Å². The first-order chi connectivity index (χ1) is 10.2. The number of carbonyl (C=O) groups excluding carboxylic acids is 1. The number of hydrogen-bond acceptors (Lipinski definition) is 4. The Morgan fingerprint density at radius 3 is 3.00 bits per heavy atom. The molecule has 0 spiro atoms. The van der Waals surface area contributed by atoms with Crippen LogP contribution in [0.4, 0.5) is 0 Å². The predicted octanol–water partition coefficient (Wildman–Crippen LogP) is 1.74. The molecule has 0 bridgehead atoms. The summed E-state index contributed by atoms with van der Waals surface area (Å²) in [6.07, 6.45) is 3.50. The smallest absolute Gasteiger partial charge is 0.222 e. The second-order valence-electron chi connectivity index (χ2n) is 6.01. The van der Waals surface area contributed by atoms with Crippen LogP contribution < -0.4 is 0 Å². The molecule has 0 saturated carbocycles. The van der Waals surface area contributed by atoms with Crippen LogP contribution in [0.5, 0.6) is 0 Å². The van der Waals surface area contributed by atoms with Gasteiger partial charge in [-0.05, 0) is 18.6 Å². The first-order valence-electron chi connectivity index (χ1n) is 7.80. The van der Waals surface area contributed by atoms with Gasteiger partial charge in [0, 0.05) is 39.1 Å². The van der Waals surface area contributed by atoms with E-state index in [4.69, 9.17) is 9.15 Å². The number of piperidine rings is 1. The lowest BCUT2D eigenvalue weighted by Crippen LogP contribution is -2.53. The lowest BCUT2D eigenvalue weighted by molar-refractivity contribution is -0.138. The van der Waals surface area contributed by atoms with Gasteiger partial charge in [0.05, 0.1) is 25.0 Å². The van der Waals surface area contributed by atoms with E-state index in [2.05, 4.69) is 9.80 Å². The molecule has 0 unspecified atom stereocenters. The molecule has 1 aromatic rings. The third kappa shape index (κ3) is 2.85. The number of fused-ring (bicyclic) bond motifs is 1. The number of ether oxygens (including phenoxy) is 1. The van der Waals surface area contributed by atoms with Gasteiger partial charge in [-0.3, -0.25) is 9.69 Å². The molecule has 0 aromatic carbocycles. The lowest BCUT2D eigenvalue weighted by atomic mass is 9.89. The summed E-state index contributed by atoms with van der Waals surface area (Å²) in [6, 6.07) is 4.21. The zero-order chi connectivity index (χ0) is 14.8. The summed E-state index contributed by atoms with van der Waals surface area (Å²) in [5.41, 5.74) is 0. The van der Waals surface area contributed by atoms with Gasteiger partial charge >= 0.3 is 0 Å². The number of amides is 1. The van der Waals surface area contributed by atoms with Gasteiger partial charge in [-0.25, -0.2) is 0 Å². The molecule has 5 nitrogen and oxygen atoms in total. The average Bonchev–Trinajstić information content (AvgIpc) is 3.14. The van der Waals surface area contributed by atoms with Crippen molar-refractivity contribution in [3.05, 3.63) is 24.2 Å². The molecule has 2 aliphatic rings. The summed E-state index contributed by atoms with van der Waals surface area (Å²) in [7, 11) is 1.79. The van der Waals surface area contributed by atoms with Crippen LogP contribution in [0.3, 0.4) is 0 Å². The van der Waals surface area contributed by atoms with Gasteiger partial charge < -0.3 is 14.1 Å². The Labute approximate surface area is 125 Å². The van der Waals surface area contributed by atoms with Crippen molar-refractivity contribution < 1.29 is 13.9 Å². The first-order valence-corrected chi connectivity index (χ1v) is 7.80.